The fourth-order valence-corrected chi connectivity index (χ4v) is 2.68. The monoisotopic (exact) mass is 256 g/mol. The van der Waals surface area contributed by atoms with Crippen molar-refractivity contribution >= 4 is 0 Å². The Morgan fingerprint density at radius 2 is 1.95 bits per heavy atom. The van der Waals surface area contributed by atoms with Crippen molar-refractivity contribution in [2.75, 3.05) is 13.1 Å². The maximum Gasteiger partial charge on any atom is 0.138 e. The molecule has 1 fully saturated rings. The highest BCUT2D eigenvalue weighted by atomic mass is 15.3. The van der Waals surface area contributed by atoms with Crippen LogP contribution >= 0.6 is 0 Å². The largest absolute Gasteiger partial charge is 0.317 e. The highest BCUT2D eigenvalue weighted by Crippen LogP contribution is 2.17. The second-order valence-corrected chi connectivity index (χ2v) is 5.22. The van der Waals surface area contributed by atoms with Crippen LogP contribution in [0.15, 0.2) is 36.7 Å². The number of hydrogen-bond donors (Lipinski definition) is 1. The minimum atomic E-state index is 0.750. The Kier molecular flexibility index (Phi) is 3.89. The molecule has 19 heavy (non-hydrogen) atoms. The Morgan fingerprint density at radius 1 is 1.16 bits per heavy atom. The van der Waals surface area contributed by atoms with E-state index in [0.717, 1.165) is 37.8 Å². The summed E-state index contributed by atoms with van der Waals surface area (Å²) in [6.07, 6.45) is 5.23. The van der Waals surface area contributed by atoms with E-state index in [1.807, 2.05) is 10.7 Å². The first-order chi connectivity index (χ1) is 9.42. The van der Waals surface area contributed by atoms with Crippen molar-refractivity contribution in [1.82, 2.24) is 20.1 Å². The van der Waals surface area contributed by atoms with Gasteiger partial charge in [-0.2, -0.15) is 5.10 Å². The van der Waals surface area contributed by atoms with Crippen LogP contribution in [0.25, 0.3) is 0 Å². The van der Waals surface area contributed by atoms with Gasteiger partial charge in [-0.3, -0.25) is 0 Å². The molecule has 4 nitrogen and oxygen atoms in total. The summed E-state index contributed by atoms with van der Waals surface area (Å²) in [6.45, 7) is 3.09. The molecule has 4 heteroatoms. The number of rotatable bonds is 4. The molecule has 0 aliphatic carbocycles. The molecular formula is C15H20N4. The molecule has 0 amide bonds. The zero-order chi connectivity index (χ0) is 12.9. The van der Waals surface area contributed by atoms with Crippen LogP contribution in [0.4, 0.5) is 0 Å². The van der Waals surface area contributed by atoms with Crippen molar-refractivity contribution in [3.05, 3.63) is 48.0 Å². The Balaban J connectivity index is 1.68. The van der Waals surface area contributed by atoms with E-state index in [-0.39, 0.29) is 0 Å². The summed E-state index contributed by atoms with van der Waals surface area (Å²) in [5, 5.41) is 7.77. The molecule has 2 heterocycles. The predicted octanol–water partition coefficient (Wildman–Crippen LogP) is 1.87. The number of piperidine rings is 1. The van der Waals surface area contributed by atoms with Gasteiger partial charge in [-0.05, 0) is 37.4 Å². The molecule has 1 saturated heterocycles. The second kappa shape index (κ2) is 5.97. The van der Waals surface area contributed by atoms with Crippen LogP contribution < -0.4 is 5.32 Å². The van der Waals surface area contributed by atoms with E-state index in [2.05, 4.69) is 39.7 Å². The lowest BCUT2D eigenvalue weighted by atomic mass is 9.94. The number of nitrogens with zero attached hydrogens (tertiary/aromatic N) is 3. The Labute approximate surface area is 113 Å². The van der Waals surface area contributed by atoms with Crippen molar-refractivity contribution in [1.29, 1.82) is 0 Å². The summed E-state index contributed by atoms with van der Waals surface area (Å²) >= 11 is 0. The van der Waals surface area contributed by atoms with Crippen LogP contribution in [0.5, 0.6) is 0 Å². The minimum Gasteiger partial charge on any atom is -0.317 e. The van der Waals surface area contributed by atoms with Crippen LogP contribution in [-0.4, -0.2) is 27.9 Å². The molecule has 0 spiro atoms. The fourth-order valence-electron chi connectivity index (χ4n) is 2.68. The van der Waals surface area contributed by atoms with Gasteiger partial charge in [0.05, 0.1) is 6.54 Å². The zero-order valence-corrected chi connectivity index (χ0v) is 11.1. The zero-order valence-electron chi connectivity index (χ0n) is 11.1. The van der Waals surface area contributed by atoms with E-state index >= 15 is 0 Å². The SMILES string of the molecule is c1ccc(Cn2ncnc2CC2CCNCC2)cc1. The van der Waals surface area contributed by atoms with Gasteiger partial charge in [0.2, 0.25) is 0 Å². The molecule has 0 unspecified atom stereocenters. The molecule has 3 rings (SSSR count). The van der Waals surface area contributed by atoms with Crippen molar-refractivity contribution in [3.8, 4) is 0 Å². The highest BCUT2D eigenvalue weighted by Gasteiger charge is 2.16. The van der Waals surface area contributed by atoms with Gasteiger partial charge in [-0.15, -0.1) is 0 Å². The van der Waals surface area contributed by atoms with E-state index in [9.17, 15) is 0 Å². The summed E-state index contributed by atoms with van der Waals surface area (Å²) < 4.78 is 2.04. The number of aromatic nitrogens is 3. The molecule has 2 aromatic rings. The molecule has 0 saturated carbocycles. The number of nitrogens with one attached hydrogen (secondary N) is 1. The first-order valence-corrected chi connectivity index (χ1v) is 7.03. The summed E-state index contributed by atoms with van der Waals surface area (Å²) in [5.74, 6) is 1.87. The maximum absolute atomic E-state index is 4.44. The lowest BCUT2D eigenvalue weighted by Crippen LogP contribution is -2.29. The highest BCUT2D eigenvalue weighted by molar-refractivity contribution is 5.15. The first-order valence-electron chi connectivity index (χ1n) is 7.03. The minimum absolute atomic E-state index is 0.750. The van der Waals surface area contributed by atoms with Gasteiger partial charge in [0.1, 0.15) is 12.2 Å². The third-order valence-corrected chi connectivity index (χ3v) is 3.80. The molecule has 1 aliphatic rings. The van der Waals surface area contributed by atoms with E-state index in [0.29, 0.717) is 0 Å². The van der Waals surface area contributed by atoms with Crippen LogP contribution in [-0.2, 0) is 13.0 Å². The third kappa shape index (κ3) is 3.20. The predicted molar refractivity (Wildman–Crippen MR) is 74.9 cm³/mol. The molecule has 100 valence electrons. The average molecular weight is 256 g/mol. The summed E-state index contributed by atoms with van der Waals surface area (Å²) in [5.41, 5.74) is 1.28. The Morgan fingerprint density at radius 3 is 2.74 bits per heavy atom. The first kappa shape index (κ1) is 12.4. The molecule has 0 radical (unpaired) electrons. The van der Waals surface area contributed by atoms with Gasteiger partial charge in [-0.25, -0.2) is 9.67 Å². The standard InChI is InChI=1S/C15H20N4/c1-2-4-14(5-3-1)11-19-15(17-12-18-19)10-13-6-8-16-9-7-13/h1-5,12-13,16H,6-11H2. The van der Waals surface area contributed by atoms with E-state index in [1.54, 1.807) is 6.33 Å². The third-order valence-electron chi connectivity index (χ3n) is 3.80. The molecule has 1 aromatic heterocycles. The van der Waals surface area contributed by atoms with Crippen molar-refractivity contribution in [3.63, 3.8) is 0 Å². The molecule has 0 atom stereocenters. The fraction of sp³-hybridized carbons (Fsp3) is 0.467. The second-order valence-electron chi connectivity index (χ2n) is 5.22. The van der Waals surface area contributed by atoms with E-state index < -0.39 is 0 Å². The van der Waals surface area contributed by atoms with Gasteiger partial charge in [0.15, 0.2) is 0 Å². The van der Waals surface area contributed by atoms with Gasteiger partial charge in [0.25, 0.3) is 0 Å². The van der Waals surface area contributed by atoms with Crippen LogP contribution in [0, 0.1) is 5.92 Å². The van der Waals surface area contributed by atoms with Crippen LogP contribution in [0.3, 0.4) is 0 Å². The average Bonchev–Trinajstić information content (AvgIpc) is 2.88. The summed E-state index contributed by atoms with van der Waals surface area (Å²) in [7, 11) is 0. The Bertz CT molecular complexity index is 500. The number of hydrogen-bond acceptors (Lipinski definition) is 3. The molecule has 1 aliphatic heterocycles. The van der Waals surface area contributed by atoms with Crippen LogP contribution in [0.1, 0.15) is 24.2 Å². The maximum atomic E-state index is 4.44. The molecule has 1 aromatic carbocycles. The van der Waals surface area contributed by atoms with Gasteiger partial charge in [-0.1, -0.05) is 30.3 Å². The quantitative estimate of drug-likeness (QED) is 0.908. The normalized spacial score (nSPS) is 16.6. The van der Waals surface area contributed by atoms with Gasteiger partial charge < -0.3 is 5.32 Å². The smallest absolute Gasteiger partial charge is 0.138 e. The lowest BCUT2D eigenvalue weighted by Gasteiger charge is -2.22. The van der Waals surface area contributed by atoms with Crippen LogP contribution in [0.2, 0.25) is 0 Å². The van der Waals surface area contributed by atoms with Crippen molar-refractivity contribution in [2.24, 2.45) is 5.92 Å². The van der Waals surface area contributed by atoms with Crippen molar-refractivity contribution in [2.45, 2.75) is 25.8 Å². The van der Waals surface area contributed by atoms with Gasteiger partial charge in [0, 0.05) is 6.42 Å². The van der Waals surface area contributed by atoms with E-state index in [4.69, 9.17) is 0 Å². The summed E-state index contributed by atoms with van der Waals surface area (Å²) in [4.78, 5) is 4.44. The van der Waals surface area contributed by atoms with E-state index in [1.165, 1.54) is 18.4 Å². The number of benzene rings is 1. The van der Waals surface area contributed by atoms with Gasteiger partial charge >= 0.3 is 0 Å². The topological polar surface area (TPSA) is 42.7 Å². The molecule has 1 N–H and O–H groups in total. The lowest BCUT2D eigenvalue weighted by molar-refractivity contribution is 0.362. The molecule has 0 bridgehead atoms. The molecular weight excluding hydrogens is 236 g/mol. The van der Waals surface area contributed by atoms with Crippen molar-refractivity contribution < 1.29 is 0 Å². The Hall–Kier alpha value is -1.68. The summed E-state index contributed by atoms with van der Waals surface area (Å²) in [6, 6.07) is 10.4.